The molecule has 164 valence electrons. The van der Waals surface area contributed by atoms with E-state index in [9.17, 15) is 4.79 Å². The van der Waals surface area contributed by atoms with Gasteiger partial charge in [-0.25, -0.2) is 4.79 Å². The normalized spacial score (nSPS) is 15.2. The van der Waals surface area contributed by atoms with Gasteiger partial charge in [-0.1, -0.05) is 60.7 Å². The molecule has 2 aromatic carbocycles. The Balaban J connectivity index is 1.41. The van der Waals surface area contributed by atoms with E-state index in [-0.39, 0.29) is 18.7 Å². The largest absolute Gasteiger partial charge is 0.445 e. The molecule has 1 aliphatic heterocycles. The quantitative estimate of drug-likeness (QED) is 0.567. The standard InChI is InChI=1S/C23H25N7O2/c24-12-7-13-30-26-22(25-27-30)21(20-10-5-2-6-11-20)28-14-16-29(17-15-28)23(31)32-18-19-8-3-1-4-9-19/h1-6,8-11,21H,7,13-18H2. The van der Waals surface area contributed by atoms with Crippen molar-refractivity contribution in [2.75, 3.05) is 26.2 Å². The van der Waals surface area contributed by atoms with Crippen LogP contribution in [0.4, 0.5) is 4.79 Å². The summed E-state index contributed by atoms with van der Waals surface area (Å²) in [5.41, 5.74) is 2.03. The lowest BCUT2D eigenvalue weighted by atomic mass is 10.0. The van der Waals surface area contributed by atoms with Crippen molar-refractivity contribution in [2.45, 2.75) is 25.6 Å². The van der Waals surface area contributed by atoms with E-state index in [0.29, 0.717) is 45.0 Å². The van der Waals surface area contributed by atoms with E-state index < -0.39 is 0 Å². The first-order valence-corrected chi connectivity index (χ1v) is 10.6. The molecule has 1 saturated heterocycles. The molecule has 1 atom stereocenters. The topological polar surface area (TPSA) is 100 Å². The van der Waals surface area contributed by atoms with Gasteiger partial charge in [-0.15, -0.1) is 10.2 Å². The Morgan fingerprint density at radius 1 is 1.03 bits per heavy atom. The smallest absolute Gasteiger partial charge is 0.410 e. The number of ether oxygens (including phenoxy) is 1. The molecular formula is C23H25N7O2. The van der Waals surface area contributed by atoms with Gasteiger partial charge >= 0.3 is 6.09 Å². The van der Waals surface area contributed by atoms with E-state index in [0.717, 1.165) is 11.1 Å². The number of benzene rings is 2. The van der Waals surface area contributed by atoms with Gasteiger partial charge in [0, 0.05) is 26.2 Å². The molecule has 4 rings (SSSR count). The fourth-order valence-corrected chi connectivity index (χ4v) is 3.74. The Labute approximate surface area is 186 Å². The highest BCUT2D eigenvalue weighted by molar-refractivity contribution is 5.67. The van der Waals surface area contributed by atoms with Crippen LogP contribution in [0.3, 0.4) is 0 Å². The van der Waals surface area contributed by atoms with Gasteiger partial charge in [0.1, 0.15) is 6.61 Å². The zero-order chi connectivity index (χ0) is 22.2. The molecule has 1 aliphatic rings. The maximum absolute atomic E-state index is 12.5. The number of nitriles is 1. The number of hydrogen-bond donors (Lipinski definition) is 0. The third-order valence-corrected chi connectivity index (χ3v) is 5.39. The van der Waals surface area contributed by atoms with Gasteiger partial charge in [-0.05, 0) is 16.3 Å². The summed E-state index contributed by atoms with van der Waals surface area (Å²) in [6.45, 7) is 3.10. The minimum Gasteiger partial charge on any atom is -0.445 e. The molecule has 1 aromatic heterocycles. The van der Waals surface area contributed by atoms with Gasteiger partial charge in [-0.3, -0.25) is 4.90 Å². The van der Waals surface area contributed by atoms with Crippen molar-refractivity contribution in [1.82, 2.24) is 30.0 Å². The Kier molecular flexibility index (Phi) is 7.05. The van der Waals surface area contributed by atoms with E-state index in [1.165, 1.54) is 4.80 Å². The molecule has 32 heavy (non-hydrogen) atoms. The first kappa shape index (κ1) is 21.5. The summed E-state index contributed by atoms with van der Waals surface area (Å²) in [4.78, 5) is 18.0. The minimum atomic E-state index is -0.301. The fraction of sp³-hybridized carbons (Fsp3) is 0.348. The Bertz CT molecular complexity index is 1040. The molecule has 3 aromatic rings. The second kappa shape index (κ2) is 10.5. The number of hydrogen-bond acceptors (Lipinski definition) is 7. The van der Waals surface area contributed by atoms with Crippen molar-refractivity contribution in [1.29, 1.82) is 5.26 Å². The lowest BCUT2D eigenvalue weighted by Gasteiger charge is -2.37. The molecule has 2 heterocycles. The number of amides is 1. The molecule has 9 heteroatoms. The number of carbonyl (C=O) groups excluding carboxylic acids is 1. The van der Waals surface area contributed by atoms with Crippen molar-refractivity contribution >= 4 is 6.09 Å². The summed E-state index contributed by atoms with van der Waals surface area (Å²) in [6, 6.07) is 21.6. The van der Waals surface area contributed by atoms with Crippen LogP contribution in [0.2, 0.25) is 0 Å². The van der Waals surface area contributed by atoms with Gasteiger partial charge < -0.3 is 9.64 Å². The molecule has 1 unspecified atom stereocenters. The second-order valence-electron chi connectivity index (χ2n) is 7.53. The van der Waals surface area contributed by atoms with Gasteiger partial charge in [-0.2, -0.15) is 10.1 Å². The molecule has 0 radical (unpaired) electrons. The summed E-state index contributed by atoms with van der Waals surface area (Å²) in [5, 5.41) is 21.7. The summed E-state index contributed by atoms with van der Waals surface area (Å²) < 4.78 is 5.48. The molecule has 1 fully saturated rings. The maximum Gasteiger partial charge on any atom is 0.410 e. The Hall–Kier alpha value is -3.77. The van der Waals surface area contributed by atoms with Crippen molar-refractivity contribution in [2.24, 2.45) is 0 Å². The number of piperazine rings is 1. The molecule has 1 amide bonds. The second-order valence-corrected chi connectivity index (χ2v) is 7.53. The zero-order valence-electron chi connectivity index (χ0n) is 17.7. The molecular weight excluding hydrogens is 406 g/mol. The lowest BCUT2D eigenvalue weighted by Crippen LogP contribution is -2.50. The first-order valence-electron chi connectivity index (χ1n) is 10.6. The molecule has 0 bridgehead atoms. The van der Waals surface area contributed by atoms with Gasteiger partial charge in [0.25, 0.3) is 0 Å². The van der Waals surface area contributed by atoms with Crippen LogP contribution in [0.15, 0.2) is 60.7 Å². The van der Waals surface area contributed by atoms with E-state index in [2.05, 4.69) is 26.4 Å². The third kappa shape index (κ3) is 5.28. The van der Waals surface area contributed by atoms with Crippen molar-refractivity contribution in [3.05, 3.63) is 77.6 Å². The Morgan fingerprint density at radius 3 is 2.41 bits per heavy atom. The van der Waals surface area contributed by atoms with Crippen LogP contribution in [0.25, 0.3) is 0 Å². The van der Waals surface area contributed by atoms with Crippen LogP contribution in [0.5, 0.6) is 0 Å². The van der Waals surface area contributed by atoms with Crippen LogP contribution in [0.1, 0.15) is 29.4 Å². The predicted octanol–water partition coefficient (Wildman–Crippen LogP) is 2.63. The van der Waals surface area contributed by atoms with E-state index in [1.807, 2.05) is 60.7 Å². The number of aromatic nitrogens is 4. The van der Waals surface area contributed by atoms with Crippen LogP contribution in [0, 0.1) is 11.3 Å². The third-order valence-electron chi connectivity index (χ3n) is 5.39. The van der Waals surface area contributed by atoms with E-state index in [4.69, 9.17) is 10.00 Å². The van der Waals surface area contributed by atoms with Crippen LogP contribution in [-0.2, 0) is 17.9 Å². The average Bonchev–Trinajstić information content (AvgIpc) is 3.31. The summed E-state index contributed by atoms with van der Waals surface area (Å²) in [7, 11) is 0. The molecule has 0 aliphatic carbocycles. The van der Waals surface area contributed by atoms with Gasteiger partial charge in [0.05, 0.1) is 25.1 Å². The first-order chi connectivity index (χ1) is 15.7. The summed E-state index contributed by atoms with van der Waals surface area (Å²) in [5.74, 6) is 0.592. The number of tetrazole rings is 1. The predicted molar refractivity (Wildman–Crippen MR) is 116 cm³/mol. The highest BCUT2D eigenvalue weighted by Crippen LogP contribution is 2.27. The van der Waals surface area contributed by atoms with Crippen molar-refractivity contribution in [3.8, 4) is 6.07 Å². The highest BCUT2D eigenvalue weighted by atomic mass is 16.6. The lowest BCUT2D eigenvalue weighted by molar-refractivity contribution is 0.0635. The molecule has 0 N–H and O–H groups in total. The number of aryl methyl sites for hydroxylation is 1. The monoisotopic (exact) mass is 431 g/mol. The number of rotatable bonds is 7. The van der Waals surface area contributed by atoms with Gasteiger partial charge in [0.15, 0.2) is 5.82 Å². The number of carbonyl (C=O) groups is 1. The average molecular weight is 432 g/mol. The van der Waals surface area contributed by atoms with Crippen molar-refractivity contribution < 1.29 is 9.53 Å². The van der Waals surface area contributed by atoms with Crippen LogP contribution < -0.4 is 0 Å². The minimum absolute atomic E-state index is 0.172. The molecule has 0 spiro atoms. The summed E-state index contributed by atoms with van der Waals surface area (Å²) in [6.07, 6.45) is 0.0283. The number of nitrogens with zero attached hydrogens (tertiary/aromatic N) is 7. The van der Waals surface area contributed by atoms with E-state index >= 15 is 0 Å². The van der Waals surface area contributed by atoms with Crippen LogP contribution in [-0.4, -0.2) is 62.3 Å². The van der Waals surface area contributed by atoms with Crippen LogP contribution >= 0.6 is 0 Å². The highest BCUT2D eigenvalue weighted by Gasteiger charge is 2.31. The Morgan fingerprint density at radius 2 is 1.72 bits per heavy atom. The summed E-state index contributed by atoms with van der Waals surface area (Å²) >= 11 is 0. The SMILES string of the molecule is N#CCCn1nnc(C(c2ccccc2)N2CCN(C(=O)OCc3ccccc3)CC2)n1. The molecule has 9 nitrogen and oxygen atoms in total. The van der Waals surface area contributed by atoms with E-state index in [1.54, 1.807) is 4.90 Å². The van der Waals surface area contributed by atoms with Crippen molar-refractivity contribution in [3.63, 3.8) is 0 Å². The molecule has 0 saturated carbocycles. The fourth-order valence-electron chi connectivity index (χ4n) is 3.74. The van der Waals surface area contributed by atoms with Gasteiger partial charge in [0.2, 0.25) is 0 Å². The zero-order valence-corrected chi connectivity index (χ0v) is 17.7. The maximum atomic E-state index is 12.5.